The zero-order chi connectivity index (χ0) is 23.2. The fourth-order valence-corrected chi connectivity index (χ4v) is 3.63. The van der Waals surface area contributed by atoms with Crippen LogP contribution in [-0.2, 0) is 16.0 Å². The molecule has 2 rings (SSSR count). The predicted octanol–water partition coefficient (Wildman–Crippen LogP) is 2.49. The Bertz CT molecular complexity index is 783. The monoisotopic (exact) mass is 441 g/mol. The molecule has 1 unspecified atom stereocenters. The van der Waals surface area contributed by atoms with E-state index < -0.39 is 12.1 Å². The van der Waals surface area contributed by atoms with Crippen LogP contribution in [0.25, 0.3) is 0 Å². The van der Waals surface area contributed by atoms with Crippen LogP contribution < -0.4 is 5.32 Å². The summed E-state index contributed by atoms with van der Waals surface area (Å²) in [5.74, 6) is -0.264. The maximum absolute atomic E-state index is 12.2. The van der Waals surface area contributed by atoms with Crippen molar-refractivity contribution in [3.63, 3.8) is 0 Å². The average molecular weight is 442 g/mol. The predicted molar refractivity (Wildman–Crippen MR) is 125 cm³/mol. The first-order chi connectivity index (χ1) is 15.5. The van der Waals surface area contributed by atoms with Crippen molar-refractivity contribution in [1.82, 2.24) is 5.32 Å². The lowest BCUT2D eigenvalue weighted by Gasteiger charge is -2.14. The van der Waals surface area contributed by atoms with Gasteiger partial charge in [-0.3, -0.25) is 9.59 Å². The van der Waals surface area contributed by atoms with Crippen molar-refractivity contribution < 1.29 is 24.9 Å². The van der Waals surface area contributed by atoms with Crippen molar-refractivity contribution in [2.45, 2.75) is 50.7 Å². The number of carbonyl (C=O) groups is 2. The maximum atomic E-state index is 12.2. The zero-order valence-corrected chi connectivity index (χ0v) is 18.5. The summed E-state index contributed by atoms with van der Waals surface area (Å²) in [7, 11) is 0. The molecule has 0 bridgehead atoms. The Morgan fingerprint density at radius 3 is 2.59 bits per heavy atom. The lowest BCUT2D eigenvalue weighted by atomic mass is 9.90. The molecule has 4 N–H and O–H groups in total. The molecule has 174 valence electrons. The Morgan fingerprint density at radius 2 is 1.88 bits per heavy atom. The summed E-state index contributed by atoms with van der Waals surface area (Å²) < 4.78 is 0. The quantitative estimate of drug-likeness (QED) is 0.262. The third-order valence-electron chi connectivity index (χ3n) is 5.58. The van der Waals surface area contributed by atoms with Crippen LogP contribution in [0.2, 0.25) is 0 Å². The number of unbranched alkanes of at least 4 members (excludes halogenated alkanes) is 1. The van der Waals surface area contributed by atoms with Gasteiger partial charge in [0, 0.05) is 18.3 Å². The van der Waals surface area contributed by atoms with E-state index in [1.54, 1.807) is 12.2 Å². The number of rotatable bonds is 14. The summed E-state index contributed by atoms with van der Waals surface area (Å²) in [5, 5.41) is 30.8. The summed E-state index contributed by atoms with van der Waals surface area (Å²) in [4.78, 5) is 23.9. The summed E-state index contributed by atoms with van der Waals surface area (Å²) >= 11 is 0. The van der Waals surface area contributed by atoms with Crippen LogP contribution in [0.1, 0.15) is 37.7 Å². The first kappa shape index (κ1) is 25.7. The van der Waals surface area contributed by atoms with Crippen LogP contribution in [0, 0.1) is 11.8 Å². The van der Waals surface area contributed by atoms with E-state index in [0.29, 0.717) is 32.1 Å². The van der Waals surface area contributed by atoms with Crippen molar-refractivity contribution in [2.75, 3.05) is 13.2 Å². The molecule has 0 fully saturated rings. The second-order valence-corrected chi connectivity index (χ2v) is 8.15. The number of carbonyl (C=O) groups excluding carboxylic acids is 2. The van der Waals surface area contributed by atoms with E-state index >= 15 is 0 Å². The highest BCUT2D eigenvalue weighted by molar-refractivity contribution is 5.95. The Balaban J connectivity index is 1.69. The molecule has 1 aliphatic rings. The van der Waals surface area contributed by atoms with E-state index in [0.717, 1.165) is 6.42 Å². The van der Waals surface area contributed by atoms with E-state index in [1.807, 2.05) is 54.6 Å². The van der Waals surface area contributed by atoms with Crippen LogP contribution in [0.15, 0.2) is 66.8 Å². The molecule has 0 heterocycles. The molecule has 1 aliphatic carbocycles. The van der Waals surface area contributed by atoms with Gasteiger partial charge in [-0.15, -0.1) is 0 Å². The molecule has 6 heteroatoms. The molecule has 6 nitrogen and oxygen atoms in total. The number of benzene rings is 1. The van der Waals surface area contributed by atoms with E-state index in [2.05, 4.69) is 5.32 Å². The number of allylic oxidation sites excluding steroid dienone is 5. The van der Waals surface area contributed by atoms with Gasteiger partial charge in [0.15, 0.2) is 5.78 Å². The molecule has 32 heavy (non-hydrogen) atoms. The Labute approximate surface area is 190 Å². The molecule has 1 aromatic carbocycles. The Kier molecular flexibility index (Phi) is 11.7. The maximum Gasteiger partial charge on any atom is 0.220 e. The van der Waals surface area contributed by atoms with Crippen LogP contribution >= 0.6 is 0 Å². The highest BCUT2D eigenvalue weighted by Gasteiger charge is 2.27. The number of ketones is 1. The number of hydrogen-bond donors (Lipinski definition) is 4. The van der Waals surface area contributed by atoms with Crippen LogP contribution in [-0.4, -0.2) is 52.4 Å². The van der Waals surface area contributed by atoms with E-state index in [9.17, 15) is 14.7 Å². The number of aryl methyl sites for hydroxylation is 1. The Morgan fingerprint density at radius 1 is 1.12 bits per heavy atom. The summed E-state index contributed by atoms with van der Waals surface area (Å²) in [6.07, 6.45) is 14.4. The summed E-state index contributed by atoms with van der Waals surface area (Å²) in [6.45, 7) is -0.573. The largest absolute Gasteiger partial charge is 0.394 e. The SMILES string of the molecule is O=C(CCC/C=C\CC1C(=O)C=C[C@@H]1/C=C/[C@@H](O)CCc1ccccc1)NC(CO)CO. The minimum Gasteiger partial charge on any atom is -0.394 e. The fourth-order valence-electron chi connectivity index (χ4n) is 3.63. The van der Waals surface area contributed by atoms with Crippen molar-refractivity contribution in [2.24, 2.45) is 11.8 Å². The number of hydrogen-bond acceptors (Lipinski definition) is 5. The highest BCUT2D eigenvalue weighted by Crippen LogP contribution is 2.27. The molecule has 1 amide bonds. The number of aliphatic hydroxyl groups is 3. The molecule has 1 aromatic rings. The van der Waals surface area contributed by atoms with Crippen molar-refractivity contribution in [1.29, 1.82) is 0 Å². The normalized spacial score (nSPS) is 19.4. The molecule has 0 aliphatic heterocycles. The fraction of sp³-hybridized carbons (Fsp3) is 0.462. The molecule has 0 spiro atoms. The van der Waals surface area contributed by atoms with Crippen molar-refractivity contribution in [3.8, 4) is 0 Å². The molecular formula is C26H35NO5. The Hall–Kier alpha value is -2.54. The first-order valence-electron chi connectivity index (χ1n) is 11.3. The number of aliphatic hydroxyl groups excluding tert-OH is 3. The van der Waals surface area contributed by atoms with Gasteiger partial charge >= 0.3 is 0 Å². The lowest BCUT2D eigenvalue weighted by Crippen LogP contribution is -2.39. The van der Waals surface area contributed by atoms with Gasteiger partial charge in [0.1, 0.15) is 0 Å². The van der Waals surface area contributed by atoms with Gasteiger partial charge in [-0.05, 0) is 43.7 Å². The molecule has 0 saturated carbocycles. The summed E-state index contributed by atoms with van der Waals surface area (Å²) in [6, 6.07) is 9.43. The third-order valence-corrected chi connectivity index (χ3v) is 5.58. The van der Waals surface area contributed by atoms with E-state index in [1.165, 1.54) is 5.56 Å². The van der Waals surface area contributed by atoms with Crippen LogP contribution in [0.4, 0.5) is 0 Å². The van der Waals surface area contributed by atoms with Gasteiger partial charge in [-0.25, -0.2) is 0 Å². The first-order valence-corrected chi connectivity index (χ1v) is 11.3. The van der Waals surface area contributed by atoms with Gasteiger partial charge in [0.2, 0.25) is 5.91 Å². The molecule has 0 aromatic heterocycles. The van der Waals surface area contributed by atoms with Crippen molar-refractivity contribution in [3.05, 3.63) is 72.4 Å². The average Bonchev–Trinajstić information content (AvgIpc) is 3.16. The second kappa shape index (κ2) is 14.5. The van der Waals surface area contributed by atoms with E-state index in [-0.39, 0.29) is 36.7 Å². The van der Waals surface area contributed by atoms with Crippen LogP contribution in [0.3, 0.4) is 0 Å². The zero-order valence-electron chi connectivity index (χ0n) is 18.5. The number of amides is 1. The van der Waals surface area contributed by atoms with E-state index in [4.69, 9.17) is 10.2 Å². The topological polar surface area (TPSA) is 107 Å². The van der Waals surface area contributed by atoms with Gasteiger partial charge in [-0.1, -0.05) is 60.7 Å². The van der Waals surface area contributed by atoms with Gasteiger partial charge < -0.3 is 20.6 Å². The minimum atomic E-state index is -0.610. The van der Waals surface area contributed by atoms with Gasteiger partial charge in [0.05, 0.1) is 25.4 Å². The van der Waals surface area contributed by atoms with Gasteiger partial charge in [0.25, 0.3) is 0 Å². The standard InChI is InChI=1S/C26H35NO5/c28-18-22(19-29)27-26(32)11-7-2-1-6-10-24-21(14-17-25(24)31)13-16-23(30)15-12-20-8-4-3-5-9-20/h1,3-6,8-9,13-14,16-17,21-24,28-30H,2,7,10-12,15,18-19H2,(H,27,32)/b6-1-,16-13+/t21-,23-,24?/m0/s1. The molecular weight excluding hydrogens is 406 g/mol. The minimum absolute atomic E-state index is 0.0156. The van der Waals surface area contributed by atoms with Gasteiger partial charge in [-0.2, -0.15) is 0 Å². The second-order valence-electron chi connectivity index (χ2n) is 8.15. The van der Waals surface area contributed by atoms with Crippen molar-refractivity contribution >= 4 is 11.7 Å². The molecule has 3 atom stereocenters. The van der Waals surface area contributed by atoms with Crippen LogP contribution in [0.5, 0.6) is 0 Å². The number of nitrogens with one attached hydrogen (secondary N) is 1. The smallest absolute Gasteiger partial charge is 0.220 e. The lowest BCUT2D eigenvalue weighted by molar-refractivity contribution is -0.122. The molecule has 0 saturated heterocycles. The summed E-state index contributed by atoms with van der Waals surface area (Å²) in [5.41, 5.74) is 1.19. The molecule has 0 radical (unpaired) electrons. The third kappa shape index (κ3) is 9.30. The highest BCUT2D eigenvalue weighted by atomic mass is 16.3.